The lowest BCUT2D eigenvalue weighted by atomic mass is 9.84. The van der Waals surface area contributed by atoms with Gasteiger partial charge in [0.1, 0.15) is 24.4 Å². The van der Waals surface area contributed by atoms with Crippen molar-refractivity contribution in [3.05, 3.63) is 0 Å². The summed E-state index contributed by atoms with van der Waals surface area (Å²) in [7, 11) is 0. The Bertz CT molecular complexity index is 623. The Morgan fingerprint density at radius 3 is 1.27 bits per heavy atom. The SMILES string of the molecule is CC(=O)O[C@H]1[C@H](OC(C)=O)[C@@H]2OC3(CCCCC3)O[C@@H]2[C@H]2OC3(CCCCC3)O[C@H]12. The van der Waals surface area contributed by atoms with Crippen molar-refractivity contribution in [3.8, 4) is 0 Å². The van der Waals surface area contributed by atoms with Crippen LogP contribution in [0.4, 0.5) is 0 Å². The zero-order valence-electron chi connectivity index (χ0n) is 17.8. The third-order valence-corrected chi connectivity index (χ3v) is 7.18. The van der Waals surface area contributed by atoms with E-state index in [1.165, 1.54) is 13.8 Å². The minimum atomic E-state index is -0.790. The first-order chi connectivity index (χ1) is 14.4. The Morgan fingerprint density at radius 1 is 0.600 bits per heavy atom. The highest BCUT2D eigenvalue weighted by Crippen LogP contribution is 2.52. The van der Waals surface area contributed by atoms with Gasteiger partial charge >= 0.3 is 11.9 Å². The summed E-state index contributed by atoms with van der Waals surface area (Å²) in [5.41, 5.74) is 0. The van der Waals surface area contributed by atoms with Crippen LogP contribution in [0, 0.1) is 0 Å². The fourth-order valence-corrected chi connectivity index (χ4v) is 6.01. The second-order valence-corrected chi connectivity index (χ2v) is 9.42. The van der Waals surface area contributed by atoms with Crippen molar-refractivity contribution in [2.24, 2.45) is 0 Å². The maximum atomic E-state index is 12.0. The first-order valence-electron chi connectivity index (χ1n) is 11.5. The van der Waals surface area contributed by atoms with Gasteiger partial charge in [-0.15, -0.1) is 0 Å². The third kappa shape index (κ3) is 3.55. The number of carbonyl (C=O) groups is 2. The predicted octanol–water partition coefficient (Wildman–Crippen LogP) is 2.75. The average Bonchev–Trinajstić information content (AvgIpc) is 3.24. The Hall–Kier alpha value is -1.22. The molecular formula is C22H32O8. The molecule has 0 aromatic carbocycles. The van der Waals surface area contributed by atoms with Crippen LogP contribution in [0.15, 0.2) is 0 Å². The molecule has 2 heterocycles. The van der Waals surface area contributed by atoms with E-state index in [0.717, 1.165) is 64.2 Å². The molecule has 0 radical (unpaired) electrons. The van der Waals surface area contributed by atoms with Gasteiger partial charge in [0.2, 0.25) is 0 Å². The normalized spacial score (nSPS) is 41.3. The van der Waals surface area contributed by atoms with Crippen LogP contribution in [-0.2, 0) is 38.0 Å². The summed E-state index contributed by atoms with van der Waals surface area (Å²) in [6.45, 7) is 2.71. The second kappa shape index (κ2) is 7.73. The molecule has 3 aliphatic carbocycles. The van der Waals surface area contributed by atoms with Gasteiger partial charge in [0.25, 0.3) is 0 Å². The van der Waals surface area contributed by atoms with Crippen molar-refractivity contribution in [3.63, 3.8) is 0 Å². The van der Waals surface area contributed by atoms with Crippen LogP contribution in [0.25, 0.3) is 0 Å². The minimum absolute atomic E-state index is 0.425. The molecule has 6 atom stereocenters. The zero-order valence-corrected chi connectivity index (χ0v) is 17.8. The Labute approximate surface area is 176 Å². The van der Waals surface area contributed by atoms with Crippen LogP contribution in [0.3, 0.4) is 0 Å². The van der Waals surface area contributed by atoms with Gasteiger partial charge in [-0.25, -0.2) is 0 Å². The van der Waals surface area contributed by atoms with E-state index >= 15 is 0 Å². The highest BCUT2D eigenvalue weighted by molar-refractivity contribution is 5.67. The number of fused-ring (bicyclic) bond motifs is 3. The van der Waals surface area contributed by atoms with Gasteiger partial charge in [-0.3, -0.25) is 9.59 Å². The van der Waals surface area contributed by atoms with Crippen LogP contribution in [0.5, 0.6) is 0 Å². The van der Waals surface area contributed by atoms with Gasteiger partial charge in [0.15, 0.2) is 23.8 Å². The average molecular weight is 424 g/mol. The molecule has 0 aromatic heterocycles. The van der Waals surface area contributed by atoms with E-state index in [0.29, 0.717) is 0 Å². The largest absolute Gasteiger partial charge is 0.456 e. The molecule has 0 unspecified atom stereocenters. The van der Waals surface area contributed by atoms with E-state index in [1.807, 2.05) is 0 Å². The fraction of sp³-hybridized carbons (Fsp3) is 0.909. The van der Waals surface area contributed by atoms with Gasteiger partial charge < -0.3 is 28.4 Å². The molecule has 168 valence electrons. The smallest absolute Gasteiger partial charge is 0.303 e. The van der Waals surface area contributed by atoms with Gasteiger partial charge in [-0.2, -0.15) is 0 Å². The Balaban J connectivity index is 1.50. The second-order valence-electron chi connectivity index (χ2n) is 9.42. The molecule has 5 fully saturated rings. The number of ether oxygens (including phenoxy) is 6. The van der Waals surface area contributed by atoms with Crippen LogP contribution in [0.1, 0.15) is 78.1 Å². The number of rotatable bonds is 2. The number of esters is 2. The molecule has 2 saturated heterocycles. The molecule has 0 bridgehead atoms. The lowest BCUT2D eigenvalue weighted by Gasteiger charge is -2.41. The molecule has 30 heavy (non-hydrogen) atoms. The minimum Gasteiger partial charge on any atom is -0.456 e. The molecule has 0 N–H and O–H groups in total. The summed E-state index contributed by atoms with van der Waals surface area (Å²) >= 11 is 0. The predicted molar refractivity (Wildman–Crippen MR) is 102 cm³/mol. The molecule has 0 amide bonds. The summed E-state index contributed by atoms with van der Waals surface area (Å²) in [6.07, 6.45) is 6.08. The topological polar surface area (TPSA) is 89.5 Å². The van der Waals surface area contributed by atoms with Crippen molar-refractivity contribution < 1.29 is 38.0 Å². The molecule has 3 saturated carbocycles. The van der Waals surface area contributed by atoms with Crippen LogP contribution >= 0.6 is 0 Å². The van der Waals surface area contributed by atoms with Crippen LogP contribution in [0.2, 0.25) is 0 Å². The first-order valence-corrected chi connectivity index (χ1v) is 11.5. The molecule has 2 spiro atoms. The molecule has 8 heteroatoms. The van der Waals surface area contributed by atoms with Gasteiger partial charge in [0.05, 0.1) is 0 Å². The zero-order chi connectivity index (χ0) is 20.9. The maximum absolute atomic E-state index is 12.0. The van der Waals surface area contributed by atoms with Crippen molar-refractivity contribution in [1.82, 2.24) is 0 Å². The molecule has 5 aliphatic rings. The first kappa shape index (κ1) is 20.7. The Kier molecular flexibility index (Phi) is 5.32. The van der Waals surface area contributed by atoms with Crippen LogP contribution in [-0.4, -0.2) is 60.1 Å². The number of hydrogen-bond acceptors (Lipinski definition) is 8. The van der Waals surface area contributed by atoms with E-state index < -0.39 is 60.1 Å². The summed E-state index contributed by atoms with van der Waals surface area (Å²) in [6, 6.07) is 0. The van der Waals surface area contributed by atoms with Crippen molar-refractivity contribution >= 4 is 11.9 Å². The van der Waals surface area contributed by atoms with E-state index in [9.17, 15) is 9.59 Å². The monoisotopic (exact) mass is 424 g/mol. The van der Waals surface area contributed by atoms with Crippen LogP contribution < -0.4 is 0 Å². The summed E-state index contributed by atoms with van der Waals surface area (Å²) in [4.78, 5) is 23.9. The van der Waals surface area contributed by atoms with E-state index in [4.69, 9.17) is 28.4 Å². The molecule has 8 nitrogen and oxygen atoms in total. The summed E-state index contributed by atoms with van der Waals surface area (Å²) < 4.78 is 37.4. The molecule has 0 aromatic rings. The molecule has 2 aliphatic heterocycles. The maximum Gasteiger partial charge on any atom is 0.303 e. The molecular weight excluding hydrogens is 392 g/mol. The van der Waals surface area contributed by atoms with Crippen molar-refractivity contribution in [2.75, 3.05) is 0 Å². The Morgan fingerprint density at radius 2 is 0.933 bits per heavy atom. The highest BCUT2D eigenvalue weighted by atomic mass is 16.8. The van der Waals surface area contributed by atoms with Gasteiger partial charge in [0, 0.05) is 39.5 Å². The summed E-state index contributed by atoms with van der Waals surface area (Å²) in [5.74, 6) is -2.27. The van der Waals surface area contributed by atoms with E-state index in [1.54, 1.807) is 0 Å². The van der Waals surface area contributed by atoms with Crippen molar-refractivity contribution in [1.29, 1.82) is 0 Å². The van der Waals surface area contributed by atoms with Crippen molar-refractivity contribution in [2.45, 2.75) is 126 Å². The quantitative estimate of drug-likeness (QED) is 0.625. The standard InChI is InChI=1S/C22H32O8/c1-13(23)25-15-16(26-14(2)24)18-20(30-22(28-18)11-7-4-8-12-22)19-17(15)27-21(29-19)9-5-3-6-10-21/h15-20H,3-12H2,1-2H3/t15-,16-,17-,18+,19-,20-/m0/s1. The lowest BCUT2D eigenvalue weighted by Crippen LogP contribution is -2.63. The lowest BCUT2D eigenvalue weighted by molar-refractivity contribution is -0.229. The van der Waals surface area contributed by atoms with E-state index in [-0.39, 0.29) is 0 Å². The van der Waals surface area contributed by atoms with Gasteiger partial charge in [-0.1, -0.05) is 12.8 Å². The van der Waals surface area contributed by atoms with Gasteiger partial charge in [-0.05, 0) is 25.7 Å². The molecule has 5 rings (SSSR count). The number of carbonyl (C=O) groups excluding carboxylic acids is 2. The third-order valence-electron chi connectivity index (χ3n) is 7.18. The summed E-state index contributed by atoms with van der Waals surface area (Å²) in [5, 5.41) is 0. The van der Waals surface area contributed by atoms with E-state index in [2.05, 4.69) is 0 Å². The number of hydrogen-bond donors (Lipinski definition) is 0. The highest BCUT2D eigenvalue weighted by Gasteiger charge is 2.68. The fourth-order valence-electron chi connectivity index (χ4n) is 6.01.